The molecule has 0 spiro atoms. The molecule has 4 rings (SSSR count). The molecule has 1 fully saturated rings. The van der Waals surface area contributed by atoms with Crippen molar-refractivity contribution in [2.45, 2.75) is 46.1 Å². The van der Waals surface area contributed by atoms with E-state index in [1.165, 1.54) is 48.2 Å². The molecule has 5 nitrogen and oxygen atoms in total. The van der Waals surface area contributed by atoms with Gasteiger partial charge in [-0.2, -0.15) is 0 Å². The van der Waals surface area contributed by atoms with Crippen molar-refractivity contribution in [3.63, 3.8) is 0 Å². The van der Waals surface area contributed by atoms with Gasteiger partial charge in [-0.15, -0.1) is 0 Å². The Labute approximate surface area is 211 Å². The van der Waals surface area contributed by atoms with Crippen LogP contribution in [-0.2, 0) is 17.7 Å². The van der Waals surface area contributed by atoms with Crippen LogP contribution in [0, 0.1) is 6.92 Å². The summed E-state index contributed by atoms with van der Waals surface area (Å²) in [5, 5.41) is 4.30. The summed E-state index contributed by atoms with van der Waals surface area (Å²) in [6, 6.07) is 15.5. The van der Waals surface area contributed by atoms with Crippen LogP contribution in [0.15, 0.2) is 42.5 Å². The lowest BCUT2D eigenvalue weighted by atomic mass is 9.98. The third kappa shape index (κ3) is 6.94. The Morgan fingerprint density at radius 2 is 1.94 bits per heavy atom. The van der Waals surface area contributed by atoms with Gasteiger partial charge in [-0.3, -0.25) is 4.90 Å². The van der Waals surface area contributed by atoms with Crippen molar-refractivity contribution in [2.75, 3.05) is 62.7 Å². The molecular formula is C28H40N4OS. The Bertz CT molecular complexity index is 944. The van der Waals surface area contributed by atoms with E-state index in [0.717, 1.165) is 69.7 Å². The maximum atomic E-state index is 5.92. The molecule has 0 radical (unpaired) electrons. The highest BCUT2D eigenvalue weighted by atomic mass is 32.1. The van der Waals surface area contributed by atoms with E-state index in [1.807, 2.05) is 0 Å². The van der Waals surface area contributed by atoms with Crippen molar-refractivity contribution in [1.29, 1.82) is 0 Å². The quantitative estimate of drug-likeness (QED) is 0.504. The van der Waals surface area contributed by atoms with E-state index in [-0.39, 0.29) is 0 Å². The van der Waals surface area contributed by atoms with Gasteiger partial charge < -0.3 is 19.9 Å². The van der Waals surface area contributed by atoms with E-state index < -0.39 is 0 Å². The topological polar surface area (TPSA) is 31.0 Å². The van der Waals surface area contributed by atoms with Crippen LogP contribution in [0.4, 0.5) is 11.4 Å². The summed E-state index contributed by atoms with van der Waals surface area (Å²) in [5.74, 6) is 0. The van der Waals surface area contributed by atoms with E-state index in [2.05, 4.69) is 76.3 Å². The summed E-state index contributed by atoms with van der Waals surface area (Å²) >= 11 is 5.92. The molecule has 184 valence electrons. The number of nitrogens with zero attached hydrogens (tertiary/aromatic N) is 3. The van der Waals surface area contributed by atoms with Crippen LogP contribution in [0.25, 0.3) is 0 Å². The fraction of sp³-hybridized carbons (Fsp3) is 0.536. The van der Waals surface area contributed by atoms with Crippen LogP contribution >= 0.6 is 12.2 Å². The molecule has 0 bridgehead atoms. The van der Waals surface area contributed by atoms with E-state index in [1.54, 1.807) is 0 Å². The van der Waals surface area contributed by atoms with Gasteiger partial charge >= 0.3 is 0 Å². The summed E-state index contributed by atoms with van der Waals surface area (Å²) in [6.45, 7) is 13.3. The second kappa shape index (κ2) is 12.5. The number of nitrogens with one attached hydrogen (secondary N) is 1. The number of fused-ring (bicyclic) bond motifs is 1. The first-order chi connectivity index (χ1) is 16.6. The van der Waals surface area contributed by atoms with Crippen molar-refractivity contribution >= 4 is 28.7 Å². The van der Waals surface area contributed by atoms with E-state index in [4.69, 9.17) is 17.0 Å². The third-order valence-electron chi connectivity index (χ3n) is 6.79. The average Bonchev–Trinajstić information content (AvgIpc) is 2.84. The number of anilines is 2. The van der Waals surface area contributed by atoms with Gasteiger partial charge in [0.15, 0.2) is 5.11 Å². The van der Waals surface area contributed by atoms with Crippen LogP contribution in [0.3, 0.4) is 0 Å². The van der Waals surface area contributed by atoms with E-state index in [0.29, 0.717) is 0 Å². The molecule has 0 aliphatic carbocycles. The van der Waals surface area contributed by atoms with Crippen molar-refractivity contribution in [3.8, 4) is 0 Å². The Kier molecular flexibility index (Phi) is 9.19. The second-order valence-corrected chi connectivity index (χ2v) is 9.97. The lowest BCUT2D eigenvalue weighted by Gasteiger charge is -2.32. The SMILES string of the molecule is CCCN1CCCc2cc(CN(CCCN3CCOCC3)C(=S)Nc3cccc(C)c3)ccc21. The first-order valence-corrected chi connectivity index (χ1v) is 13.3. The molecule has 1 saturated heterocycles. The van der Waals surface area contributed by atoms with Crippen LogP contribution in [0.2, 0.25) is 0 Å². The highest BCUT2D eigenvalue weighted by Crippen LogP contribution is 2.28. The highest BCUT2D eigenvalue weighted by molar-refractivity contribution is 7.80. The number of benzene rings is 2. The summed E-state index contributed by atoms with van der Waals surface area (Å²) in [5.41, 5.74) is 6.55. The molecule has 0 unspecified atom stereocenters. The van der Waals surface area contributed by atoms with Gasteiger partial charge in [0.1, 0.15) is 0 Å². The summed E-state index contributed by atoms with van der Waals surface area (Å²) < 4.78 is 5.50. The van der Waals surface area contributed by atoms with Crippen LogP contribution in [0.1, 0.15) is 42.9 Å². The second-order valence-electron chi connectivity index (χ2n) is 9.58. The number of rotatable bonds is 9. The molecule has 2 aliphatic heterocycles. The minimum atomic E-state index is 0.804. The molecule has 1 N–H and O–H groups in total. The molecular weight excluding hydrogens is 440 g/mol. The third-order valence-corrected chi connectivity index (χ3v) is 7.15. The number of thiocarbonyl (C=S) groups is 1. The zero-order valence-corrected chi connectivity index (χ0v) is 21.7. The fourth-order valence-corrected chi connectivity index (χ4v) is 5.31. The lowest BCUT2D eigenvalue weighted by Crippen LogP contribution is -2.40. The molecule has 6 heteroatoms. The molecule has 2 heterocycles. The average molecular weight is 481 g/mol. The zero-order valence-electron chi connectivity index (χ0n) is 20.9. The normalized spacial score (nSPS) is 16.2. The minimum absolute atomic E-state index is 0.804. The van der Waals surface area contributed by atoms with Gasteiger partial charge in [-0.05, 0) is 79.7 Å². The maximum absolute atomic E-state index is 5.92. The first kappa shape index (κ1) is 25.0. The Hall–Kier alpha value is -2.15. The monoisotopic (exact) mass is 480 g/mol. The first-order valence-electron chi connectivity index (χ1n) is 12.9. The molecule has 0 aromatic heterocycles. The molecule has 0 atom stereocenters. The number of ether oxygens (including phenoxy) is 1. The highest BCUT2D eigenvalue weighted by Gasteiger charge is 2.18. The van der Waals surface area contributed by atoms with Crippen molar-refractivity contribution in [2.24, 2.45) is 0 Å². The molecule has 2 aromatic rings. The molecule has 2 aromatic carbocycles. The summed E-state index contributed by atoms with van der Waals surface area (Å²) in [6.07, 6.45) is 4.70. The largest absolute Gasteiger partial charge is 0.379 e. The van der Waals surface area contributed by atoms with E-state index >= 15 is 0 Å². The maximum Gasteiger partial charge on any atom is 0.173 e. The molecule has 0 saturated carbocycles. The predicted octanol–water partition coefficient (Wildman–Crippen LogP) is 5.08. The minimum Gasteiger partial charge on any atom is -0.379 e. The van der Waals surface area contributed by atoms with Crippen molar-refractivity contribution < 1.29 is 4.74 Å². The van der Waals surface area contributed by atoms with Crippen molar-refractivity contribution in [3.05, 3.63) is 59.2 Å². The van der Waals surface area contributed by atoms with Gasteiger partial charge in [-0.1, -0.05) is 31.2 Å². The zero-order chi connectivity index (χ0) is 23.8. The predicted molar refractivity (Wildman–Crippen MR) is 147 cm³/mol. The fourth-order valence-electron chi connectivity index (χ4n) is 5.04. The van der Waals surface area contributed by atoms with Crippen LogP contribution < -0.4 is 10.2 Å². The number of hydrogen-bond acceptors (Lipinski definition) is 4. The molecule has 2 aliphatic rings. The Morgan fingerprint density at radius 1 is 1.09 bits per heavy atom. The van der Waals surface area contributed by atoms with Gasteiger partial charge in [-0.25, -0.2) is 0 Å². The molecule has 0 amide bonds. The standard InChI is InChI=1S/C28H40N4OS/c1-3-12-31-14-5-8-25-21-24(10-11-27(25)31)22-32(15-6-13-30-16-18-33-19-17-30)28(34)29-26-9-4-7-23(2)20-26/h4,7,9-11,20-21H,3,5-6,8,12-19,22H2,1-2H3,(H,29,34). The van der Waals surface area contributed by atoms with Gasteiger partial charge in [0.25, 0.3) is 0 Å². The van der Waals surface area contributed by atoms with E-state index in [9.17, 15) is 0 Å². The smallest absolute Gasteiger partial charge is 0.173 e. The van der Waals surface area contributed by atoms with Gasteiger partial charge in [0.2, 0.25) is 0 Å². The Balaban J connectivity index is 1.44. The van der Waals surface area contributed by atoms with Gasteiger partial charge in [0.05, 0.1) is 13.2 Å². The lowest BCUT2D eigenvalue weighted by molar-refractivity contribution is 0.0368. The van der Waals surface area contributed by atoms with Gasteiger partial charge in [0, 0.05) is 57.2 Å². The molecule has 34 heavy (non-hydrogen) atoms. The Morgan fingerprint density at radius 3 is 2.74 bits per heavy atom. The summed E-state index contributed by atoms with van der Waals surface area (Å²) in [7, 11) is 0. The van der Waals surface area contributed by atoms with Crippen LogP contribution in [0.5, 0.6) is 0 Å². The van der Waals surface area contributed by atoms with Crippen molar-refractivity contribution in [1.82, 2.24) is 9.80 Å². The summed E-state index contributed by atoms with van der Waals surface area (Å²) in [4.78, 5) is 7.39. The van der Waals surface area contributed by atoms with Crippen LogP contribution in [-0.4, -0.2) is 67.4 Å². The number of morpholine rings is 1. The number of hydrogen-bond donors (Lipinski definition) is 1. The number of aryl methyl sites for hydroxylation is 2.